The summed E-state index contributed by atoms with van der Waals surface area (Å²) in [5, 5.41) is 0.395. The molecule has 12 heavy (non-hydrogen) atoms. The van der Waals surface area contributed by atoms with Crippen molar-refractivity contribution in [1.82, 2.24) is 4.98 Å². The molecule has 0 unspecified atom stereocenters. The molecule has 4 heteroatoms. The predicted molar refractivity (Wildman–Crippen MR) is 42.9 cm³/mol. The second-order valence-corrected chi connectivity index (χ2v) is 3.20. The van der Waals surface area contributed by atoms with E-state index in [1.165, 1.54) is 12.3 Å². The molecule has 1 aliphatic rings. The van der Waals surface area contributed by atoms with Crippen LogP contribution >= 0.6 is 11.6 Å². The molecule has 0 atom stereocenters. The van der Waals surface area contributed by atoms with Gasteiger partial charge in [-0.3, -0.25) is 0 Å². The average Bonchev–Trinajstić information content (AvgIpc) is 2.81. The third kappa shape index (κ3) is 1.67. The van der Waals surface area contributed by atoms with E-state index in [4.69, 9.17) is 16.3 Å². The van der Waals surface area contributed by atoms with Crippen LogP contribution in [-0.2, 0) is 0 Å². The molecule has 64 valence electrons. The lowest BCUT2D eigenvalue weighted by Gasteiger charge is -2.03. The smallest absolute Gasteiger partial charge is 0.255 e. The summed E-state index contributed by atoms with van der Waals surface area (Å²) in [6, 6.07) is 1.45. The van der Waals surface area contributed by atoms with Gasteiger partial charge in [-0.25, -0.2) is 4.98 Å². The number of ether oxygens (including phenoxy) is 1. The maximum absolute atomic E-state index is 12.9. The minimum Gasteiger partial charge on any atom is -0.486 e. The molecule has 1 aliphatic carbocycles. The Morgan fingerprint density at radius 1 is 1.58 bits per heavy atom. The van der Waals surface area contributed by atoms with Gasteiger partial charge in [0.25, 0.3) is 5.95 Å². The maximum Gasteiger partial charge on any atom is 0.255 e. The molecule has 2 rings (SSSR count). The summed E-state index contributed by atoms with van der Waals surface area (Å²) in [7, 11) is 0. The summed E-state index contributed by atoms with van der Waals surface area (Å²) in [5.41, 5.74) is 0. The number of aromatic nitrogens is 1. The summed E-state index contributed by atoms with van der Waals surface area (Å²) in [6.45, 7) is 0. The number of halogens is 2. The van der Waals surface area contributed by atoms with E-state index in [0.717, 1.165) is 12.8 Å². The first-order chi connectivity index (χ1) is 5.75. The zero-order valence-corrected chi connectivity index (χ0v) is 7.01. The van der Waals surface area contributed by atoms with Crippen LogP contribution in [0.5, 0.6) is 5.75 Å². The maximum atomic E-state index is 12.9. The summed E-state index contributed by atoms with van der Waals surface area (Å²) < 4.78 is 18.1. The normalized spacial score (nSPS) is 16.2. The van der Waals surface area contributed by atoms with Gasteiger partial charge in [-0.15, -0.1) is 0 Å². The Morgan fingerprint density at radius 3 is 3.00 bits per heavy atom. The predicted octanol–water partition coefficient (Wildman–Crippen LogP) is 2.42. The van der Waals surface area contributed by atoms with E-state index in [1.807, 2.05) is 0 Å². The van der Waals surface area contributed by atoms with E-state index in [-0.39, 0.29) is 11.9 Å². The van der Waals surface area contributed by atoms with Crippen molar-refractivity contribution in [1.29, 1.82) is 0 Å². The van der Waals surface area contributed by atoms with Crippen molar-refractivity contribution in [2.75, 3.05) is 0 Å². The van der Waals surface area contributed by atoms with Gasteiger partial charge in [0.05, 0.1) is 11.1 Å². The van der Waals surface area contributed by atoms with Crippen LogP contribution in [0, 0.1) is 5.95 Å². The number of nitrogens with zero attached hydrogens (tertiary/aromatic N) is 1. The summed E-state index contributed by atoms with van der Waals surface area (Å²) in [6.07, 6.45) is 3.41. The van der Waals surface area contributed by atoms with Gasteiger partial charge in [-0.1, -0.05) is 11.6 Å². The molecular weight excluding hydrogens is 181 g/mol. The molecule has 0 bridgehead atoms. The standard InChI is InChI=1S/C8H7ClFNO/c9-5-3-7(8(10)11-4-5)12-6-1-2-6/h3-4,6H,1-2H2. The molecule has 0 radical (unpaired) electrons. The minimum absolute atomic E-state index is 0.157. The molecule has 0 aliphatic heterocycles. The van der Waals surface area contributed by atoms with Crippen LogP contribution in [0.25, 0.3) is 0 Å². The Bertz CT molecular complexity index is 301. The van der Waals surface area contributed by atoms with Gasteiger partial charge >= 0.3 is 0 Å². The molecule has 2 nitrogen and oxygen atoms in total. The summed E-state index contributed by atoms with van der Waals surface area (Å²) in [4.78, 5) is 3.44. The van der Waals surface area contributed by atoms with Crippen LogP contribution in [0.1, 0.15) is 12.8 Å². The van der Waals surface area contributed by atoms with Crippen molar-refractivity contribution in [3.05, 3.63) is 23.2 Å². The van der Waals surface area contributed by atoms with Crippen molar-refractivity contribution in [2.24, 2.45) is 0 Å². The first kappa shape index (κ1) is 7.80. The Morgan fingerprint density at radius 2 is 2.33 bits per heavy atom. The highest BCUT2D eigenvalue weighted by molar-refractivity contribution is 6.30. The SMILES string of the molecule is Fc1ncc(Cl)cc1OC1CC1. The lowest BCUT2D eigenvalue weighted by atomic mass is 10.4. The van der Waals surface area contributed by atoms with E-state index in [2.05, 4.69) is 4.98 Å². The summed E-state index contributed by atoms with van der Waals surface area (Å²) >= 11 is 5.61. The number of rotatable bonds is 2. The first-order valence-electron chi connectivity index (χ1n) is 3.73. The van der Waals surface area contributed by atoms with Gasteiger partial charge in [0.15, 0.2) is 5.75 Å². The molecule has 0 spiro atoms. The zero-order valence-electron chi connectivity index (χ0n) is 6.26. The van der Waals surface area contributed by atoms with Crippen molar-refractivity contribution in [3.63, 3.8) is 0 Å². The molecule has 1 aromatic rings. The monoisotopic (exact) mass is 187 g/mol. The molecule has 1 saturated carbocycles. The van der Waals surface area contributed by atoms with Gasteiger partial charge in [-0.05, 0) is 12.8 Å². The Balaban J connectivity index is 2.21. The first-order valence-corrected chi connectivity index (χ1v) is 4.11. The third-order valence-corrected chi connectivity index (χ3v) is 1.80. The van der Waals surface area contributed by atoms with Crippen LogP contribution < -0.4 is 4.74 Å². The van der Waals surface area contributed by atoms with Gasteiger partial charge < -0.3 is 4.74 Å². The van der Waals surface area contributed by atoms with E-state index >= 15 is 0 Å². The van der Waals surface area contributed by atoms with E-state index in [9.17, 15) is 4.39 Å². The Labute approximate surface area is 74.3 Å². The van der Waals surface area contributed by atoms with Crippen molar-refractivity contribution < 1.29 is 9.13 Å². The largest absolute Gasteiger partial charge is 0.486 e. The molecular formula is C8H7ClFNO. The van der Waals surface area contributed by atoms with E-state index < -0.39 is 5.95 Å². The minimum atomic E-state index is -0.591. The zero-order chi connectivity index (χ0) is 8.55. The third-order valence-electron chi connectivity index (χ3n) is 1.59. The molecule has 0 saturated heterocycles. The van der Waals surface area contributed by atoms with Gasteiger partial charge in [0.1, 0.15) is 0 Å². The van der Waals surface area contributed by atoms with Crippen LogP contribution in [-0.4, -0.2) is 11.1 Å². The number of hydrogen-bond donors (Lipinski definition) is 0. The quantitative estimate of drug-likeness (QED) is 0.664. The van der Waals surface area contributed by atoms with Crippen LogP contribution in [0.3, 0.4) is 0 Å². The fraction of sp³-hybridized carbons (Fsp3) is 0.375. The Kier molecular flexibility index (Phi) is 1.89. The highest BCUT2D eigenvalue weighted by Gasteiger charge is 2.25. The number of hydrogen-bond acceptors (Lipinski definition) is 2. The van der Waals surface area contributed by atoms with Crippen LogP contribution in [0.4, 0.5) is 4.39 Å². The molecule has 1 heterocycles. The van der Waals surface area contributed by atoms with Crippen LogP contribution in [0.2, 0.25) is 5.02 Å². The fourth-order valence-electron chi connectivity index (χ4n) is 0.852. The van der Waals surface area contributed by atoms with Gasteiger partial charge in [0, 0.05) is 12.3 Å². The second-order valence-electron chi connectivity index (χ2n) is 2.76. The highest BCUT2D eigenvalue weighted by Crippen LogP contribution is 2.29. The molecule has 0 N–H and O–H groups in total. The van der Waals surface area contributed by atoms with E-state index in [1.54, 1.807) is 0 Å². The Hall–Kier alpha value is -0.830. The molecule has 1 aromatic heterocycles. The summed E-state index contributed by atoms with van der Waals surface area (Å²) in [5.74, 6) is -0.434. The molecule has 0 amide bonds. The average molecular weight is 188 g/mol. The number of pyridine rings is 1. The van der Waals surface area contributed by atoms with Crippen LogP contribution in [0.15, 0.2) is 12.3 Å². The van der Waals surface area contributed by atoms with E-state index in [0.29, 0.717) is 5.02 Å². The molecule has 1 fully saturated rings. The van der Waals surface area contributed by atoms with Crippen molar-refractivity contribution >= 4 is 11.6 Å². The van der Waals surface area contributed by atoms with Crippen molar-refractivity contribution in [3.8, 4) is 5.75 Å². The highest BCUT2D eigenvalue weighted by atomic mass is 35.5. The molecule has 0 aromatic carbocycles. The lowest BCUT2D eigenvalue weighted by molar-refractivity contribution is 0.283. The lowest BCUT2D eigenvalue weighted by Crippen LogP contribution is -1.99. The van der Waals surface area contributed by atoms with Gasteiger partial charge in [-0.2, -0.15) is 4.39 Å². The fourth-order valence-corrected chi connectivity index (χ4v) is 1.00. The second kappa shape index (κ2) is 2.90. The topological polar surface area (TPSA) is 22.1 Å². The van der Waals surface area contributed by atoms with Crippen molar-refractivity contribution in [2.45, 2.75) is 18.9 Å². The van der Waals surface area contributed by atoms with Gasteiger partial charge in [0.2, 0.25) is 0 Å².